The second kappa shape index (κ2) is 4.86. The summed E-state index contributed by atoms with van der Waals surface area (Å²) in [4.78, 5) is 37.6. The molecule has 17 heavy (non-hydrogen) atoms. The van der Waals surface area contributed by atoms with Crippen LogP contribution in [0.2, 0.25) is 0 Å². The van der Waals surface area contributed by atoms with Gasteiger partial charge in [-0.1, -0.05) is 13.8 Å². The van der Waals surface area contributed by atoms with Crippen LogP contribution in [0.4, 0.5) is 11.5 Å². The molecule has 1 amide bonds. The Balaban J connectivity index is 3.39. The van der Waals surface area contributed by atoms with Crippen molar-refractivity contribution in [1.29, 1.82) is 0 Å². The molecule has 0 aliphatic rings. The van der Waals surface area contributed by atoms with E-state index in [9.17, 15) is 14.4 Å². The second-order valence-electron chi connectivity index (χ2n) is 4.21. The molecule has 0 aliphatic heterocycles. The van der Waals surface area contributed by atoms with Crippen LogP contribution in [0.25, 0.3) is 0 Å². The maximum Gasteiger partial charge on any atom is 0.329 e. The van der Waals surface area contributed by atoms with Gasteiger partial charge >= 0.3 is 5.69 Å². The highest BCUT2D eigenvalue weighted by Crippen LogP contribution is 2.13. The monoisotopic (exact) mass is 240 g/mol. The van der Waals surface area contributed by atoms with E-state index in [0.29, 0.717) is 13.0 Å². The normalized spacial score (nSPS) is 10.6. The number of carbonyl (C=O) groups excluding carboxylic acids is 1. The molecule has 0 bridgehead atoms. The van der Waals surface area contributed by atoms with Crippen LogP contribution in [0.3, 0.4) is 0 Å². The fraction of sp³-hybridized carbons (Fsp3) is 0.500. The predicted octanol–water partition coefficient (Wildman–Crippen LogP) is -0.725. The summed E-state index contributed by atoms with van der Waals surface area (Å²) in [5.74, 6) is 0.0853. The summed E-state index contributed by atoms with van der Waals surface area (Å²) in [5, 5.41) is 0. The third-order valence-electron chi connectivity index (χ3n) is 2.28. The van der Waals surface area contributed by atoms with E-state index in [1.165, 1.54) is 11.9 Å². The Bertz CT molecular complexity index is 529. The second-order valence-corrected chi connectivity index (χ2v) is 4.21. The lowest BCUT2D eigenvalue weighted by molar-refractivity contribution is -0.107. The van der Waals surface area contributed by atoms with E-state index in [4.69, 9.17) is 5.73 Å². The lowest BCUT2D eigenvalue weighted by Crippen LogP contribution is -2.40. The number of anilines is 2. The fourth-order valence-corrected chi connectivity index (χ4v) is 1.48. The number of aromatic amines is 1. The van der Waals surface area contributed by atoms with Gasteiger partial charge < -0.3 is 10.6 Å². The van der Waals surface area contributed by atoms with Gasteiger partial charge in [0.25, 0.3) is 5.56 Å². The zero-order valence-electron chi connectivity index (χ0n) is 10.1. The van der Waals surface area contributed by atoms with Gasteiger partial charge in [-0.15, -0.1) is 0 Å². The van der Waals surface area contributed by atoms with Gasteiger partial charge in [-0.25, -0.2) is 4.79 Å². The molecular formula is C10H16N4O3. The molecule has 0 aromatic carbocycles. The van der Waals surface area contributed by atoms with Gasteiger partial charge in [0.2, 0.25) is 6.41 Å². The molecule has 7 heteroatoms. The number of nitrogens with one attached hydrogen (secondary N) is 1. The fourth-order valence-electron chi connectivity index (χ4n) is 1.48. The van der Waals surface area contributed by atoms with E-state index in [0.717, 1.165) is 4.57 Å². The maximum absolute atomic E-state index is 11.9. The summed E-state index contributed by atoms with van der Waals surface area (Å²) < 4.78 is 0.878. The van der Waals surface area contributed by atoms with Crippen molar-refractivity contribution in [2.75, 3.05) is 17.2 Å². The molecule has 0 atom stereocenters. The first kappa shape index (κ1) is 13.0. The van der Waals surface area contributed by atoms with E-state index in [1.807, 2.05) is 13.8 Å². The average molecular weight is 240 g/mol. The van der Waals surface area contributed by atoms with Crippen molar-refractivity contribution >= 4 is 17.9 Å². The van der Waals surface area contributed by atoms with Gasteiger partial charge in [-0.05, 0) is 5.92 Å². The number of H-pyrrole nitrogens is 1. The number of amides is 1. The van der Waals surface area contributed by atoms with Gasteiger partial charge in [-0.3, -0.25) is 19.1 Å². The number of nitrogens with two attached hydrogens (primary N) is 1. The number of nitrogen functional groups attached to an aromatic ring is 1. The minimum atomic E-state index is -0.605. The maximum atomic E-state index is 11.9. The molecule has 1 aromatic heterocycles. The van der Waals surface area contributed by atoms with Crippen molar-refractivity contribution in [3.8, 4) is 0 Å². The Morgan fingerprint density at radius 1 is 1.47 bits per heavy atom. The first-order valence-electron chi connectivity index (χ1n) is 5.19. The van der Waals surface area contributed by atoms with Crippen molar-refractivity contribution < 1.29 is 4.79 Å². The Hall–Kier alpha value is -2.05. The molecule has 94 valence electrons. The standard InChI is InChI=1S/C10H16N4O3/c1-6(2)4-14(5-15)7-8(11)12-10(17)13(3)9(7)16/h5-6H,4,11H2,1-3H3,(H,12,17). The van der Waals surface area contributed by atoms with Crippen LogP contribution in [0.15, 0.2) is 9.59 Å². The summed E-state index contributed by atoms with van der Waals surface area (Å²) in [5.41, 5.74) is 4.39. The number of nitrogens with zero attached hydrogens (tertiary/aromatic N) is 2. The molecule has 1 aromatic rings. The quantitative estimate of drug-likeness (QED) is 0.678. The van der Waals surface area contributed by atoms with Crippen molar-refractivity contribution in [2.24, 2.45) is 13.0 Å². The number of rotatable bonds is 4. The van der Waals surface area contributed by atoms with Crippen molar-refractivity contribution in [3.05, 3.63) is 20.8 Å². The van der Waals surface area contributed by atoms with E-state index in [1.54, 1.807) is 0 Å². The first-order chi connectivity index (χ1) is 7.88. The van der Waals surface area contributed by atoms with E-state index in [2.05, 4.69) is 4.98 Å². The van der Waals surface area contributed by atoms with Crippen molar-refractivity contribution in [1.82, 2.24) is 9.55 Å². The molecule has 0 saturated carbocycles. The molecular weight excluding hydrogens is 224 g/mol. The third-order valence-corrected chi connectivity index (χ3v) is 2.28. The van der Waals surface area contributed by atoms with E-state index < -0.39 is 11.2 Å². The Kier molecular flexibility index (Phi) is 3.72. The molecule has 3 N–H and O–H groups in total. The molecule has 0 saturated heterocycles. The molecule has 7 nitrogen and oxygen atoms in total. The summed E-state index contributed by atoms with van der Waals surface area (Å²) in [6.07, 6.45) is 0.533. The highest BCUT2D eigenvalue weighted by Gasteiger charge is 2.17. The SMILES string of the molecule is CC(C)CN(C=O)c1c(N)[nH]c(=O)n(C)c1=O. The Morgan fingerprint density at radius 3 is 2.53 bits per heavy atom. The third kappa shape index (κ3) is 2.55. The zero-order chi connectivity index (χ0) is 13.2. The minimum absolute atomic E-state index is 0.0100. The predicted molar refractivity (Wildman–Crippen MR) is 65.0 cm³/mol. The van der Waals surface area contributed by atoms with Gasteiger partial charge in [0.1, 0.15) is 5.82 Å². The van der Waals surface area contributed by atoms with Gasteiger partial charge in [0.15, 0.2) is 5.69 Å². The molecule has 0 spiro atoms. The van der Waals surface area contributed by atoms with Crippen LogP contribution in [-0.2, 0) is 11.8 Å². The van der Waals surface area contributed by atoms with E-state index in [-0.39, 0.29) is 17.4 Å². The number of hydrogen-bond donors (Lipinski definition) is 2. The van der Waals surface area contributed by atoms with Crippen LogP contribution in [0.5, 0.6) is 0 Å². The first-order valence-corrected chi connectivity index (χ1v) is 5.19. The number of hydrogen-bond acceptors (Lipinski definition) is 4. The van der Waals surface area contributed by atoms with Crippen LogP contribution >= 0.6 is 0 Å². The van der Waals surface area contributed by atoms with Gasteiger partial charge in [-0.2, -0.15) is 0 Å². The highest BCUT2D eigenvalue weighted by molar-refractivity contribution is 5.80. The topological polar surface area (TPSA) is 101 Å². The summed E-state index contributed by atoms with van der Waals surface area (Å²) >= 11 is 0. The van der Waals surface area contributed by atoms with Crippen LogP contribution in [0.1, 0.15) is 13.8 Å². The lowest BCUT2D eigenvalue weighted by atomic mass is 10.2. The molecule has 0 radical (unpaired) electrons. The number of aromatic nitrogens is 2. The molecule has 1 heterocycles. The summed E-state index contributed by atoms with van der Waals surface area (Å²) in [7, 11) is 1.32. The Morgan fingerprint density at radius 2 is 2.06 bits per heavy atom. The summed E-state index contributed by atoms with van der Waals surface area (Å²) in [6, 6.07) is 0. The van der Waals surface area contributed by atoms with Crippen LogP contribution in [-0.4, -0.2) is 22.5 Å². The number of carbonyl (C=O) groups is 1. The van der Waals surface area contributed by atoms with Crippen LogP contribution < -0.4 is 21.9 Å². The molecule has 1 rings (SSSR count). The van der Waals surface area contributed by atoms with E-state index >= 15 is 0 Å². The largest absolute Gasteiger partial charge is 0.383 e. The van der Waals surface area contributed by atoms with Crippen molar-refractivity contribution in [3.63, 3.8) is 0 Å². The Labute approximate surface area is 97.9 Å². The average Bonchev–Trinajstić information content (AvgIpc) is 2.24. The van der Waals surface area contributed by atoms with Crippen molar-refractivity contribution in [2.45, 2.75) is 13.8 Å². The molecule has 0 unspecified atom stereocenters. The lowest BCUT2D eigenvalue weighted by Gasteiger charge is -2.20. The highest BCUT2D eigenvalue weighted by atomic mass is 16.2. The van der Waals surface area contributed by atoms with Crippen LogP contribution in [0, 0.1) is 5.92 Å². The molecule has 0 aliphatic carbocycles. The zero-order valence-corrected chi connectivity index (χ0v) is 10.1. The minimum Gasteiger partial charge on any atom is -0.383 e. The smallest absolute Gasteiger partial charge is 0.329 e. The summed E-state index contributed by atoms with van der Waals surface area (Å²) in [6.45, 7) is 4.17. The van der Waals surface area contributed by atoms with Gasteiger partial charge in [0, 0.05) is 13.6 Å². The molecule has 0 fully saturated rings. The van der Waals surface area contributed by atoms with Gasteiger partial charge in [0.05, 0.1) is 0 Å².